The van der Waals surface area contributed by atoms with Gasteiger partial charge >= 0.3 is 11.9 Å². The molecule has 3 aromatic carbocycles. The lowest BCUT2D eigenvalue weighted by Gasteiger charge is -2.16. The summed E-state index contributed by atoms with van der Waals surface area (Å²) in [6, 6.07) is 29.8. The summed E-state index contributed by atoms with van der Waals surface area (Å²) in [5.41, 5.74) is 4.84. The van der Waals surface area contributed by atoms with Gasteiger partial charge in [0.05, 0.1) is 13.4 Å². The molecular weight excluding hydrogens is 548 g/mol. The number of benzene rings is 3. The number of carbonyl (C=O) groups excluding carboxylic acids is 2. The molecule has 2 aromatic heterocycles. The summed E-state index contributed by atoms with van der Waals surface area (Å²) in [5.74, 6) is -0.312. The SMILES string of the molecule is COC(=O)C=Cc1cccc(Cc2sc(C=COC(C)=O)cc2-c2nnn(C(c3ccccc3)c3ccccc3)n2)c1. The van der Waals surface area contributed by atoms with Crippen LogP contribution in [-0.2, 0) is 25.5 Å². The van der Waals surface area contributed by atoms with Gasteiger partial charge in [-0.1, -0.05) is 84.9 Å². The monoisotopic (exact) mass is 576 g/mol. The molecule has 0 amide bonds. The van der Waals surface area contributed by atoms with Gasteiger partial charge in [-0.3, -0.25) is 4.79 Å². The lowest BCUT2D eigenvalue weighted by Crippen LogP contribution is -2.15. The molecule has 42 heavy (non-hydrogen) atoms. The third kappa shape index (κ3) is 7.13. The van der Waals surface area contributed by atoms with Crippen molar-refractivity contribution in [1.29, 1.82) is 0 Å². The Hall–Kier alpha value is -5.15. The van der Waals surface area contributed by atoms with Gasteiger partial charge in [-0.2, -0.15) is 4.80 Å². The third-order valence-corrected chi connectivity index (χ3v) is 7.45. The Morgan fingerprint density at radius 2 is 1.64 bits per heavy atom. The van der Waals surface area contributed by atoms with Crippen LogP contribution < -0.4 is 0 Å². The van der Waals surface area contributed by atoms with E-state index in [1.165, 1.54) is 26.4 Å². The summed E-state index contributed by atoms with van der Waals surface area (Å²) in [7, 11) is 1.35. The fourth-order valence-corrected chi connectivity index (χ4v) is 5.53. The van der Waals surface area contributed by atoms with Crippen molar-refractivity contribution in [3.63, 3.8) is 0 Å². The predicted octanol–water partition coefficient (Wildman–Crippen LogP) is 6.35. The first-order valence-corrected chi connectivity index (χ1v) is 14.0. The third-order valence-electron chi connectivity index (χ3n) is 6.35. The van der Waals surface area contributed by atoms with Crippen molar-refractivity contribution in [3.8, 4) is 11.4 Å². The van der Waals surface area contributed by atoms with Gasteiger partial charge in [-0.25, -0.2) is 4.79 Å². The summed E-state index contributed by atoms with van der Waals surface area (Å²) in [6.07, 6.45) is 6.83. The van der Waals surface area contributed by atoms with Gasteiger partial charge in [-0.05, 0) is 45.7 Å². The number of hydrogen-bond acceptors (Lipinski definition) is 8. The molecule has 0 spiro atoms. The van der Waals surface area contributed by atoms with E-state index in [1.807, 2.05) is 66.7 Å². The summed E-state index contributed by atoms with van der Waals surface area (Å²) < 4.78 is 9.72. The highest BCUT2D eigenvalue weighted by molar-refractivity contribution is 7.13. The number of carbonyl (C=O) groups is 2. The fraction of sp³-hybridized carbons (Fsp3) is 0.121. The smallest absolute Gasteiger partial charge is 0.330 e. The molecule has 9 heteroatoms. The van der Waals surface area contributed by atoms with Crippen LogP contribution in [0.4, 0.5) is 0 Å². The molecule has 0 radical (unpaired) electrons. The number of ether oxygens (including phenoxy) is 2. The van der Waals surface area contributed by atoms with Crippen LogP contribution in [0.2, 0.25) is 0 Å². The van der Waals surface area contributed by atoms with Gasteiger partial charge in [0, 0.05) is 34.7 Å². The van der Waals surface area contributed by atoms with Crippen LogP contribution in [0.25, 0.3) is 23.5 Å². The highest BCUT2D eigenvalue weighted by atomic mass is 32.1. The van der Waals surface area contributed by atoms with Crippen molar-refractivity contribution >= 4 is 35.4 Å². The van der Waals surface area contributed by atoms with Crippen LogP contribution in [0, 0.1) is 0 Å². The van der Waals surface area contributed by atoms with Gasteiger partial charge in [0.1, 0.15) is 6.04 Å². The highest BCUT2D eigenvalue weighted by Crippen LogP contribution is 2.33. The maximum absolute atomic E-state index is 11.6. The lowest BCUT2D eigenvalue weighted by atomic mass is 9.99. The minimum atomic E-state index is -0.413. The van der Waals surface area contributed by atoms with Crippen molar-refractivity contribution in [1.82, 2.24) is 20.2 Å². The Bertz CT molecular complexity index is 1690. The number of esters is 2. The van der Waals surface area contributed by atoms with E-state index in [0.717, 1.165) is 37.6 Å². The van der Waals surface area contributed by atoms with Crippen LogP contribution in [0.3, 0.4) is 0 Å². The minimum Gasteiger partial charge on any atom is -0.466 e. The van der Waals surface area contributed by atoms with E-state index in [4.69, 9.17) is 14.6 Å². The second-order valence-electron chi connectivity index (χ2n) is 9.33. The first-order valence-electron chi connectivity index (χ1n) is 13.2. The standard InChI is InChI=1S/C33H28N4O4S/c1-23(38)41-19-18-28-22-29(30(42-28)21-25-11-9-10-24(20-25)16-17-31(39)40-2)33-34-36-37(35-33)32(26-12-5-3-6-13-26)27-14-7-4-8-15-27/h3-20,22,32H,21H2,1-2H3. The molecule has 0 fully saturated rings. The van der Waals surface area contributed by atoms with E-state index in [1.54, 1.807) is 28.3 Å². The van der Waals surface area contributed by atoms with Crippen molar-refractivity contribution in [2.45, 2.75) is 19.4 Å². The van der Waals surface area contributed by atoms with E-state index >= 15 is 0 Å². The molecule has 0 saturated carbocycles. The highest BCUT2D eigenvalue weighted by Gasteiger charge is 2.22. The zero-order valence-corrected chi connectivity index (χ0v) is 23.9. The first kappa shape index (κ1) is 28.4. The van der Waals surface area contributed by atoms with Crippen molar-refractivity contribution in [2.75, 3.05) is 7.11 Å². The number of nitrogens with zero attached hydrogens (tertiary/aromatic N) is 4. The van der Waals surface area contributed by atoms with Crippen LogP contribution in [-0.4, -0.2) is 39.3 Å². The summed E-state index contributed by atoms with van der Waals surface area (Å²) in [5, 5.41) is 13.8. The maximum atomic E-state index is 11.6. The Kier molecular flexibility index (Phi) is 9.10. The topological polar surface area (TPSA) is 96.2 Å². The van der Waals surface area contributed by atoms with Gasteiger partial charge in [-0.15, -0.1) is 21.5 Å². The van der Waals surface area contributed by atoms with E-state index in [2.05, 4.69) is 34.6 Å². The number of aromatic nitrogens is 4. The number of tetrazole rings is 1. The van der Waals surface area contributed by atoms with E-state index in [9.17, 15) is 9.59 Å². The Morgan fingerprint density at radius 1 is 0.929 bits per heavy atom. The lowest BCUT2D eigenvalue weighted by molar-refractivity contribution is -0.136. The second-order valence-corrected chi connectivity index (χ2v) is 10.5. The van der Waals surface area contributed by atoms with Gasteiger partial charge < -0.3 is 9.47 Å². The number of rotatable bonds is 10. The largest absolute Gasteiger partial charge is 0.466 e. The predicted molar refractivity (Wildman–Crippen MR) is 162 cm³/mol. The molecule has 2 heterocycles. The second kappa shape index (κ2) is 13.5. The molecule has 0 atom stereocenters. The first-order chi connectivity index (χ1) is 20.5. The minimum absolute atomic E-state index is 0.252. The molecule has 8 nitrogen and oxygen atoms in total. The quantitative estimate of drug-likeness (QED) is 0.109. The normalized spacial score (nSPS) is 11.4. The molecule has 0 N–H and O–H groups in total. The molecule has 5 rings (SSSR count). The van der Waals surface area contributed by atoms with E-state index in [-0.39, 0.29) is 6.04 Å². The number of hydrogen-bond donors (Lipinski definition) is 0. The van der Waals surface area contributed by atoms with Gasteiger partial charge in [0.2, 0.25) is 5.82 Å². The zero-order valence-electron chi connectivity index (χ0n) is 23.1. The van der Waals surface area contributed by atoms with Crippen LogP contribution >= 0.6 is 11.3 Å². The Morgan fingerprint density at radius 3 is 2.31 bits per heavy atom. The zero-order chi connectivity index (χ0) is 29.3. The maximum Gasteiger partial charge on any atom is 0.330 e. The molecular formula is C33H28N4O4S. The van der Waals surface area contributed by atoms with Crippen LogP contribution in [0.1, 0.15) is 45.0 Å². The molecule has 0 aliphatic heterocycles. The Balaban J connectivity index is 1.51. The molecule has 0 aliphatic rings. The molecule has 210 valence electrons. The molecule has 0 saturated heterocycles. The van der Waals surface area contributed by atoms with Gasteiger partial charge in [0.25, 0.3) is 0 Å². The average Bonchev–Trinajstić information content (AvgIpc) is 3.64. The fourth-order valence-electron chi connectivity index (χ4n) is 4.45. The van der Waals surface area contributed by atoms with E-state index in [0.29, 0.717) is 12.2 Å². The van der Waals surface area contributed by atoms with Crippen LogP contribution in [0.5, 0.6) is 0 Å². The number of thiophene rings is 1. The average molecular weight is 577 g/mol. The summed E-state index contributed by atoms with van der Waals surface area (Å²) in [4.78, 5) is 26.4. The summed E-state index contributed by atoms with van der Waals surface area (Å²) in [6.45, 7) is 1.36. The van der Waals surface area contributed by atoms with E-state index < -0.39 is 11.9 Å². The van der Waals surface area contributed by atoms with Crippen molar-refractivity contribution in [3.05, 3.63) is 135 Å². The van der Waals surface area contributed by atoms with Gasteiger partial charge in [0.15, 0.2) is 0 Å². The molecule has 0 aliphatic carbocycles. The van der Waals surface area contributed by atoms with Crippen molar-refractivity contribution in [2.24, 2.45) is 0 Å². The number of methoxy groups -OCH3 is 1. The molecule has 0 unspecified atom stereocenters. The van der Waals surface area contributed by atoms with Crippen LogP contribution in [0.15, 0.2) is 103 Å². The van der Waals surface area contributed by atoms with Crippen molar-refractivity contribution < 1.29 is 19.1 Å². The molecule has 0 bridgehead atoms. The molecule has 5 aromatic rings. The summed E-state index contributed by atoms with van der Waals surface area (Å²) >= 11 is 1.55. The Labute approximate surface area is 247 Å².